The molecule has 1 heterocycles. The van der Waals surface area contributed by atoms with Gasteiger partial charge in [-0.1, -0.05) is 17.3 Å². The van der Waals surface area contributed by atoms with Gasteiger partial charge < -0.3 is 9.84 Å². The minimum Gasteiger partial charge on any atom is -0.361 e. The summed E-state index contributed by atoms with van der Waals surface area (Å²) in [6.07, 6.45) is 0.688. The van der Waals surface area contributed by atoms with Crippen LogP contribution in [0.2, 0.25) is 0 Å². The molecule has 1 aromatic heterocycles. The minimum absolute atomic E-state index is 0.00359. The molecular weight excluding hydrogens is 315 g/mol. The number of rotatable bonds is 7. The Balaban J connectivity index is 1.73. The number of halogens is 1. The van der Waals surface area contributed by atoms with Gasteiger partial charge in [0.15, 0.2) is 0 Å². The summed E-state index contributed by atoms with van der Waals surface area (Å²) in [7, 11) is 0. The largest absolute Gasteiger partial charge is 0.361 e. The number of aromatic nitrogens is 1. The fraction of sp³-hybridized carbons (Fsp3) is 0.412. The standard InChI is InChI=1S/C17H21FN2O2S/c1-11-16(12(2)22-20-11)10-23-13(3)17(21)19-9-8-14-4-6-15(18)7-5-14/h4-7,13H,8-10H2,1-3H3,(H,19,21). The van der Waals surface area contributed by atoms with Gasteiger partial charge in [0.05, 0.1) is 10.9 Å². The Kier molecular flexibility index (Phi) is 6.21. The first-order valence-corrected chi connectivity index (χ1v) is 8.57. The molecule has 0 fully saturated rings. The van der Waals surface area contributed by atoms with Crippen LogP contribution in [0.25, 0.3) is 0 Å². The summed E-state index contributed by atoms with van der Waals surface area (Å²) >= 11 is 1.56. The van der Waals surface area contributed by atoms with Gasteiger partial charge in [-0.3, -0.25) is 4.79 Å². The van der Waals surface area contributed by atoms with Crippen LogP contribution < -0.4 is 5.32 Å². The zero-order valence-electron chi connectivity index (χ0n) is 13.6. The lowest BCUT2D eigenvalue weighted by atomic mass is 10.1. The SMILES string of the molecule is Cc1noc(C)c1CSC(C)C(=O)NCCc1ccc(F)cc1. The number of amides is 1. The van der Waals surface area contributed by atoms with Crippen LogP contribution in [-0.4, -0.2) is 22.9 Å². The van der Waals surface area contributed by atoms with Crippen molar-refractivity contribution in [3.8, 4) is 0 Å². The molecule has 1 N–H and O–H groups in total. The first kappa shape index (κ1) is 17.5. The van der Waals surface area contributed by atoms with Crippen molar-refractivity contribution in [2.24, 2.45) is 0 Å². The first-order valence-electron chi connectivity index (χ1n) is 7.53. The van der Waals surface area contributed by atoms with E-state index in [4.69, 9.17) is 4.52 Å². The average Bonchev–Trinajstić information content (AvgIpc) is 2.85. The predicted molar refractivity (Wildman–Crippen MR) is 89.8 cm³/mol. The number of hydrogen-bond donors (Lipinski definition) is 1. The molecule has 0 aliphatic rings. The topological polar surface area (TPSA) is 55.1 Å². The third kappa shape index (κ3) is 5.10. The number of carbonyl (C=O) groups is 1. The summed E-state index contributed by atoms with van der Waals surface area (Å²) in [6, 6.07) is 6.33. The average molecular weight is 336 g/mol. The van der Waals surface area contributed by atoms with E-state index in [2.05, 4.69) is 10.5 Å². The summed E-state index contributed by atoms with van der Waals surface area (Å²) in [5.41, 5.74) is 2.93. The van der Waals surface area contributed by atoms with Gasteiger partial charge in [-0.25, -0.2) is 4.39 Å². The molecule has 4 nitrogen and oxygen atoms in total. The Morgan fingerprint density at radius 3 is 2.65 bits per heavy atom. The number of nitrogens with zero attached hydrogens (tertiary/aromatic N) is 1. The van der Waals surface area contributed by atoms with Crippen LogP contribution in [0, 0.1) is 19.7 Å². The van der Waals surface area contributed by atoms with Crippen molar-refractivity contribution in [1.82, 2.24) is 10.5 Å². The molecule has 6 heteroatoms. The third-order valence-corrected chi connectivity index (χ3v) is 4.82. The maximum Gasteiger partial charge on any atom is 0.232 e. The van der Waals surface area contributed by atoms with Crippen LogP contribution in [0.3, 0.4) is 0 Å². The predicted octanol–water partition coefficient (Wildman–Crippen LogP) is 3.41. The lowest BCUT2D eigenvalue weighted by Gasteiger charge is -2.12. The van der Waals surface area contributed by atoms with E-state index in [9.17, 15) is 9.18 Å². The highest BCUT2D eigenvalue weighted by Gasteiger charge is 2.16. The normalized spacial score (nSPS) is 12.2. The maximum absolute atomic E-state index is 12.8. The highest BCUT2D eigenvalue weighted by molar-refractivity contribution is 7.99. The van der Waals surface area contributed by atoms with Crippen molar-refractivity contribution < 1.29 is 13.7 Å². The molecule has 1 atom stereocenters. The summed E-state index contributed by atoms with van der Waals surface area (Å²) in [5.74, 6) is 1.26. The number of carbonyl (C=O) groups excluding carboxylic acids is 1. The Bertz CT molecular complexity index is 636. The zero-order chi connectivity index (χ0) is 16.8. The quantitative estimate of drug-likeness (QED) is 0.842. The molecule has 0 aliphatic heterocycles. The molecule has 2 aromatic rings. The van der Waals surface area contributed by atoms with Crippen LogP contribution in [0.15, 0.2) is 28.8 Å². The number of nitrogens with one attached hydrogen (secondary N) is 1. The molecular formula is C17H21FN2O2S. The maximum atomic E-state index is 12.8. The van der Waals surface area contributed by atoms with Crippen molar-refractivity contribution in [2.75, 3.05) is 6.54 Å². The van der Waals surface area contributed by atoms with Crippen molar-refractivity contribution in [2.45, 2.75) is 38.2 Å². The second-order valence-corrected chi connectivity index (χ2v) is 6.75. The molecule has 1 amide bonds. The van der Waals surface area contributed by atoms with E-state index in [-0.39, 0.29) is 17.0 Å². The van der Waals surface area contributed by atoms with Crippen LogP contribution in [0.1, 0.15) is 29.5 Å². The molecule has 0 bridgehead atoms. The minimum atomic E-state index is -0.248. The third-order valence-electron chi connectivity index (χ3n) is 3.65. The lowest BCUT2D eigenvalue weighted by molar-refractivity contribution is -0.120. The highest BCUT2D eigenvalue weighted by atomic mass is 32.2. The van der Waals surface area contributed by atoms with Crippen molar-refractivity contribution >= 4 is 17.7 Å². The lowest BCUT2D eigenvalue weighted by Crippen LogP contribution is -2.32. The second-order valence-electron chi connectivity index (χ2n) is 5.42. The molecule has 1 aromatic carbocycles. The van der Waals surface area contributed by atoms with E-state index in [1.54, 1.807) is 23.9 Å². The van der Waals surface area contributed by atoms with Gasteiger partial charge in [-0.2, -0.15) is 0 Å². The van der Waals surface area contributed by atoms with E-state index >= 15 is 0 Å². The monoisotopic (exact) mass is 336 g/mol. The summed E-state index contributed by atoms with van der Waals surface area (Å²) in [5, 5.41) is 6.67. The van der Waals surface area contributed by atoms with Gasteiger partial charge >= 0.3 is 0 Å². The van der Waals surface area contributed by atoms with Gasteiger partial charge in [0.1, 0.15) is 11.6 Å². The molecule has 0 spiro atoms. The molecule has 1 unspecified atom stereocenters. The fourth-order valence-electron chi connectivity index (χ4n) is 2.12. The molecule has 124 valence electrons. The highest BCUT2D eigenvalue weighted by Crippen LogP contribution is 2.22. The molecule has 0 radical (unpaired) electrons. The van der Waals surface area contributed by atoms with Gasteiger partial charge in [0.25, 0.3) is 0 Å². The Labute approximate surface area is 139 Å². The van der Waals surface area contributed by atoms with Crippen molar-refractivity contribution in [1.29, 1.82) is 0 Å². The summed E-state index contributed by atoms with van der Waals surface area (Å²) in [4.78, 5) is 12.1. The Morgan fingerprint density at radius 1 is 1.35 bits per heavy atom. The molecule has 0 aliphatic carbocycles. The van der Waals surface area contributed by atoms with Crippen LogP contribution in [-0.2, 0) is 17.0 Å². The number of hydrogen-bond acceptors (Lipinski definition) is 4. The van der Waals surface area contributed by atoms with Gasteiger partial charge in [-0.05, 0) is 44.9 Å². The van der Waals surface area contributed by atoms with E-state index in [1.165, 1.54) is 12.1 Å². The molecule has 2 rings (SSSR count). The van der Waals surface area contributed by atoms with E-state index in [0.29, 0.717) is 18.7 Å². The van der Waals surface area contributed by atoms with Crippen molar-refractivity contribution in [3.63, 3.8) is 0 Å². The molecule has 0 saturated heterocycles. The van der Waals surface area contributed by atoms with Crippen LogP contribution in [0.4, 0.5) is 4.39 Å². The zero-order valence-corrected chi connectivity index (χ0v) is 14.4. The van der Waals surface area contributed by atoms with Crippen LogP contribution in [0.5, 0.6) is 0 Å². The molecule has 23 heavy (non-hydrogen) atoms. The van der Waals surface area contributed by atoms with E-state index in [1.807, 2.05) is 20.8 Å². The van der Waals surface area contributed by atoms with Crippen molar-refractivity contribution in [3.05, 3.63) is 52.7 Å². The van der Waals surface area contributed by atoms with E-state index in [0.717, 1.165) is 22.6 Å². The van der Waals surface area contributed by atoms with Gasteiger partial charge in [0.2, 0.25) is 5.91 Å². The first-order chi connectivity index (χ1) is 11.0. The van der Waals surface area contributed by atoms with Crippen LogP contribution >= 0.6 is 11.8 Å². The van der Waals surface area contributed by atoms with E-state index < -0.39 is 0 Å². The number of thioether (sulfide) groups is 1. The number of benzene rings is 1. The van der Waals surface area contributed by atoms with Gasteiger partial charge in [0, 0.05) is 17.9 Å². The number of aryl methyl sites for hydroxylation is 2. The second kappa shape index (κ2) is 8.15. The van der Waals surface area contributed by atoms with Gasteiger partial charge in [-0.15, -0.1) is 11.8 Å². The molecule has 0 saturated carbocycles. The Morgan fingerprint density at radius 2 is 2.04 bits per heavy atom. The Hall–Kier alpha value is -1.82. The summed E-state index contributed by atoms with van der Waals surface area (Å²) < 4.78 is 17.9. The fourth-order valence-corrected chi connectivity index (χ4v) is 3.18. The smallest absolute Gasteiger partial charge is 0.232 e. The summed E-state index contributed by atoms with van der Waals surface area (Å²) in [6.45, 7) is 6.21.